The second kappa shape index (κ2) is 4.83. The smallest absolute Gasteiger partial charge is 0.284 e. The zero-order valence-electron chi connectivity index (χ0n) is 11.6. The molecule has 20 heavy (non-hydrogen) atoms. The minimum atomic E-state index is 0.280. The molecular weight excluding hydrogens is 270 g/mol. The average Bonchev–Trinajstić information content (AvgIpc) is 2.83. The molecule has 0 spiro atoms. The summed E-state index contributed by atoms with van der Waals surface area (Å²) in [7, 11) is 0. The Labute approximate surface area is 121 Å². The summed E-state index contributed by atoms with van der Waals surface area (Å²) < 4.78 is 5.45. The predicted molar refractivity (Wildman–Crippen MR) is 81.3 cm³/mol. The quantitative estimate of drug-likeness (QED) is 0.710. The molecule has 4 nitrogen and oxygen atoms in total. The van der Waals surface area contributed by atoms with Gasteiger partial charge in [-0.3, -0.25) is 4.98 Å². The topological polar surface area (TPSA) is 54.7 Å². The maximum absolute atomic E-state index is 5.45. The van der Waals surface area contributed by atoms with E-state index in [-0.39, 0.29) is 4.84 Å². The summed E-state index contributed by atoms with van der Waals surface area (Å²) in [5.74, 6) is 0.964. The molecule has 0 amide bonds. The molecule has 0 aliphatic heterocycles. The van der Waals surface area contributed by atoms with Gasteiger partial charge >= 0.3 is 0 Å². The molecule has 3 aromatic rings. The van der Waals surface area contributed by atoms with Gasteiger partial charge < -0.3 is 4.42 Å². The van der Waals surface area contributed by atoms with E-state index < -0.39 is 0 Å². The molecule has 0 saturated carbocycles. The lowest BCUT2D eigenvalue weighted by Gasteiger charge is -2.09. The van der Waals surface area contributed by atoms with Gasteiger partial charge in [-0.15, -0.1) is 5.10 Å². The number of hydrogen-bond acceptors (Lipinski definition) is 4. The van der Waals surface area contributed by atoms with Crippen LogP contribution in [0.1, 0.15) is 31.0 Å². The largest absolute Gasteiger partial charge is 0.409 e. The number of pyridine rings is 1. The molecule has 5 heteroatoms. The Morgan fingerprint density at radius 2 is 2.05 bits per heavy atom. The minimum Gasteiger partial charge on any atom is -0.409 e. The van der Waals surface area contributed by atoms with Crippen molar-refractivity contribution in [3.8, 4) is 11.5 Å². The molecule has 0 radical (unpaired) electrons. The summed E-state index contributed by atoms with van der Waals surface area (Å²) in [5.41, 5.74) is 4.04. The molecule has 0 saturated heterocycles. The van der Waals surface area contributed by atoms with E-state index in [2.05, 4.69) is 41.2 Å². The van der Waals surface area contributed by atoms with Crippen LogP contribution in [0.2, 0.25) is 0 Å². The van der Waals surface area contributed by atoms with E-state index in [1.807, 2.05) is 19.1 Å². The van der Waals surface area contributed by atoms with Crippen molar-refractivity contribution in [2.75, 3.05) is 0 Å². The second-order valence-corrected chi connectivity index (χ2v) is 5.53. The van der Waals surface area contributed by atoms with Crippen LogP contribution in [0.4, 0.5) is 0 Å². The zero-order valence-corrected chi connectivity index (χ0v) is 12.4. The van der Waals surface area contributed by atoms with Gasteiger partial charge in [0.2, 0.25) is 5.89 Å². The van der Waals surface area contributed by atoms with E-state index in [0.29, 0.717) is 11.8 Å². The number of aromatic amines is 1. The van der Waals surface area contributed by atoms with Crippen molar-refractivity contribution in [1.82, 2.24) is 15.2 Å². The first-order valence-corrected chi connectivity index (χ1v) is 6.92. The highest BCUT2D eigenvalue weighted by Crippen LogP contribution is 2.29. The molecule has 0 fully saturated rings. The number of nitrogens with zero attached hydrogens (tertiary/aromatic N) is 2. The second-order valence-electron chi connectivity index (χ2n) is 5.16. The Balaban J connectivity index is 2.33. The first-order valence-electron chi connectivity index (χ1n) is 6.52. The van der Waals surface area contributed by atoms with Crippen LogP contribution in [0.3, 0.4) is 0 Å². The monoisotopic (exact) mass is 285 g/mol. The first kappa shape index (κ1) is 13.0. The Morgan fingerprint density at radius 1 is 1.25 bits per heavy atom. The molecule has 0 atom stereocenters. The highest BCUT2D eigenvalue weighted by atomic mass is 32.1. The highest BCUT2D eigenvalue weighted by molar-refractivity contribution is 7.71. The predicted octanol–water partition coefficient (Wildman–Crippen LogP) is 4.38. The molecule has 0 aliphatic rings. The van der Waals surface area contributed by atoms with Crippen LogP contribution in [0.5, 0.6) is 0 Å². The van der Waals surface area contributed by atoms with Crippen LogP contribution >= 0.6 is 12.2 Å². The van der Waals surface area contributed by atoms with Crippen LogP contribution in [0.15, 0.2) is 28.7 Å². The molecule has 0 aliphatic carbocycles. The van der Waals surface area contributed by atoms with Crippen molar-refractivity contribution in [2.45, 2.75) is 26.7 Å². The molecule has 0 unspecified atom stereocenters. The summed E-state index contributed by atoms with van der Waals surface area (Å²) in [6.45, 7) is 6.30. The van der Waals surface area contributed by atoms with Gasteiger partial charge in [0.05, 0.1) is 5.52 Å². The van der Waals surface area contributed by atoms with Crippen LogP contribution in [0, 0.1) is 11.8 Å². The lowest BCUT2D eigenvalue weighted by atomic mass is 9.98. The highest BCUT2D eigenvalue weighted by Gasteiger charge is 2.12. The Hall–Kier alpha value is -2.01. The van der Waals surface area contributed by atoms with Crippen molar-refractivity contribution in [3.63, 3.8) is 0 Å². The third kappa shape index (κ3) is 2.25. The SMILES string of the molecule is Cc1cc(-c2n[nH]c(=S)o2)c2cc(C(C)C)ccc2n1. The number of hydrogen-bond donors (Lipinski definition) is 1. The fraction of sp³-hybridized carbons (Fsp3) is 0.267. The van der Waals surface area contributed by atoms with Crippen LogP contribution in [-0.2, 0) is 0 Å². The number of aromatic nitrogens is 3. The molecular formula is C15H15N3OS. The summed E-state index contributed by atoms with van der Waals surface area (Å²) in [6, 6.07) is 8.28. The fourth-order valence-electron chi connectivity index (χ4n) is 2.26. The van der Waals surface area contributed by atoms with Crippen molar-refractivity contribution in [1.29, 1.82) is 0 Å². The molecule has 1 N–H and O–H groups in total. The van der Waals surface area contributed by atoms with Crippen molar-refractivity contribution in [2.24, 2.45) is 0 Å². The van der Waals surface area contributed by atoms with Crippen LogP contribution in [-0.4, -0.2) is 15.2 Å². The van der Waals surface area contributed by atoms with E-state index >= 15 is 0 Å². The van der Waals surface area contributed by atoms with Gasteiger partial charge in [-0.05, 0) is 48.8 Å². The van der Waals surface area contributed by atoms with Gasteiger partial charge in [0.15, 0.2) is 0 Å². The number of H-pyrrole nitrogens is 1. The maximum atomic E-state index is 5.45. The average molecular weight is 285 g/mol. The Bertz CT molecular complexity index is 832. The van der Waals surface area contributed by atoms with E-state index in [0.717, 1.165) is 22.2 Å². The summed E-state index contributed by atoms with van der Waals surface area (Å²) in [5, 5.41) is 7.83. The number of nitrogens with one attached hydrogen (secondary N) is 1. The first-order chi connectivity index (χ1) is 9.54. The summed E-state index contributed by atoms with van der Waals surface area (Å²) in [6.07, 6.45) is 0. The minimum absolute atomic E-state index is 0.280. The van der Waals surface area contributed by atoms with E-state index in [9.17, 15) is 0 Å². The van der Waals surface area contributed by atoms with Gasteiger partial charge in [0.1, 0.15) is 0 Å². The van der Waals surface area contributed by atoms with Gasteiger partial charge in [0, 0.05) is 16.6 Å². The van der Waals surface area contributed by atoms with Crippen molar-refractivity contribution >= 4 is 23.1 Å². The summed E-state index contributed by atoms with van der Waals surface area (Å²) in [4.78, 5) is 4.84. The van der Waals surface area contributed by atoms with E-state index in [1.54, 1.807) is 0 Å². The maximum Gasteiger partial charge on any atom is 0.284 e. The third-order valence-corrected chi connectivity index (χ3v) is 3.47. The van der Waals surface area contributed by atoms with Crippen LogP contribution in [0.25, 0.3) is 22.4 Å². The van der Waals surface area contributed by atoms with Gasteiger partial charge in [-0.25, -0.2) is 5.10 Å². The zero-order chi connectivity index (χ0) is 14.3. The van der Waals surface area contributed by atoms with Crippen molar-refractivity contribution in [3.05, 3.63) is 40.4 Å². The number of aryl methyl sites for hydroxylation is 1. The number of rotatable bonds is 2. The van der Waals surface area contributed by atoms with Gasteiger partial charge in [-0.2, -0.15) is 0 Å². The Kier molecular flexibility index (Phi) is 3.14. The lowest BCUT2D eigenvalue weighted by Crippen LogP contribution is -1.92. The molecule has 2 heterocycles. The number of fused-ring (bicyclic) bond motifs is 1. The third-order valence-electron chi connectivity index (χ3n) is 3.30. The standard InChI is InChI=1S/C15H15N3OS/c1-8(2)10-4-5-13-11(7-10)12(6-9(3)16-13)14-17-18-15(20)19-14/h4-8H,1-3H3,(H,18,20). The van der Waals surface area contributed by atoms with Gasteiger partial charge in [0.25, 0.3) is 4.84 Å². The Morgan fingerprint density at radius 3 is 2.70 bits per heavy atom. The van der Waals surface area contributed by atoms with E-state index in [4.69, 9.17) is 16.6 Å². The van der Waals surface area contributed by atoms with Crippen molar-refractivity contribution < 1.29 is 4.42 Å². The molecule has 3 rings (SSSR count). The van der Waals surface area contributed by atoms with E-state index in [1.165, 1.54) is 5.56 Å². The van der Waals surface area contributed by atoms with Crippen LogP contribution < -0.4 is 0 Å². The molecule has 0 bridgehead atoms. The summed E-state index contributed by atoms with van der Waals surface area (Å²) >= 11 is 4.96. The number of benzene rings is 1. The normalized spacial score (nSPS) is 11.4. The fourth-order valence-corrected chi connectivity index (χ4v) is 2.38. The van der Waals surface area contributed by atoms with Gasteiger partial charge in [-0.1, -0.05) is 19.9 Å². The lowest BCUT2D eigenvalue weighted by molar-refractivity contribution is 0.552. The molecule has 102 valence electrons. The molecule has 1 aromatic carbocycles. The molecule has 2 aromatic heterocycles.